The first-order valence-corrected chi connectivity index (χ1v) is 7.26. The van der Waals surface area contributed by atoms with E-state index in [2.05, 4.69) is 10.4 Å². The number of nitrogens with one attached hydrogen (secondary N) is 1. The van der Waals surface area contributed by atoms with Crippen molar-refractivity contribution in [3.05, 3.63) is 76.5 Å². The van der Waals surface area contributed by atoms with E-state index in [1.54, 1.807) is 6.20 Å². The summed E-state index contributed by atoms with van der Waals surface area (Å²) in [6, 6.07) is 15.4. The van der Waals surface area contributed by atoms with Crippen LogP contribution in [0, 0.1) is 0 Å². The standard InChI is InChI=1S/C16H13Cl2N3/c17-15-3-1-4-16(18)14(15)11-19-12-5-7-13(8-6-12)21-10-2-9-20-21/h1-10,19H,11H2. The van der Waals surface area contributed by atoms with Crippen LogP contribution in [-0.4, -0.2) is 9.78 Å². The van der Waals surface area contributed by atoms with E-state index < -0.39 is 0 Å². The van der Waals surface area contributed by atoms with Crippen molar-refractivity contribution in [2.45, 2.75) is 6.54 Å². The number of anilines is 1. The first kappa shape index (κ1) is 14.0. The van der Waals surface area contributed by atoms with E-state index in [1.807, 2.05) is 59.4 Å². The molecule has 3 nitrogen and oxygen atoms in total. The molecule has 1 aromatic heterocycles. The van der Waals surface area contributed by atoms with Crippen LogP contribution < -0.4 is 5.32 Å². The lowest BCUT2D eigenvalue weighted by Gasteiger charge is -2.10. The van der Waals surface area contributed by atoms with Crippen LogP contribution >= 0.6 is 23.2 Å². The minimum atomic E-state index is 0.583. The summed E-state index contributed by atoms with van der Waals surface area (Å²) in [5.41, 5.74) is 2.92. The minimum Gasteiger partial charge on any atom is -0.381 e. The Hall–Kier alpha value is -1.97. The Balaban J connectivity index is 1.71. The fourth-order valence-electron chi connectivity index (χ4n) is 2.05. The van der Waals surface area contributed by atoms with Gasteiger partial charge in [-0.3, -0.25) is 0 Å². The highest BCUT2D eigenvalue weighted by Crippen LogP contribution is 2.25. The highest BCUT2D eigenvalue weighted by Gasteiger charge is 2.05. The third kappa shape index (κ3) is 3.20. The van der Waals surface area contributed by atoms with E-state index in [0.29, 0.717) is 16.6 Å². The molecular formula is C16H13Cl2N3. The van der Waals surface area contributed by atoms with E-state index >= 15 is 0 Å². The molecule has 0 atom stereocenters. The lowest BCUT2D eigenvalue weighted by molar-refractivity contribution is 0.880. The van der Waals surface area contributed by atoms with Crippen LogP contribution in [0.25, 0.3) is 5.69 Å². The molecule has 0 unspecified atom stereocenters. The zero-order valence-electron chi connectivity index (χ0n) is 11.1. The first-order chi connectivity index (χ1) is 10.2. The van der Waals surface area contributed by atoms with Gasteiger partial charge in [0.1, 0.15) is 0 Å². The van der Waals surface area contributed by atoms with Crippen LogP contribution in [-0.2, 0) is 6.54 Å². The SMILES string of the molecule is Clc1cccc(Cl)c1CNc1ccc(-n2cccn2)cc1. The van der Waals surface area contributed by atoms with Crippen molar-refractivity contribution in [2.24, 2.45) is 0 Å². The van der Waals surface area contributed by atoms with Gasteiger partial charge in [-0.2, -0.15) is 5.10 Å². The van der Waals surface area contributed by atoms with Gasteiger partial charge in [-0.25, -0.2) is 4.68 Å². The zero-order chi connectivity index (χ0) is 14.7. The van der Waals surface area contributed by atoms with Crippen LogP contribution in [0.4, 0.5) is 5.69 Å². The Morgan fingerprint density at radius 1 is 0.952 bits per heavy atom. The highest BCUT2D eigenvalue weighted by molar-refractivity contribution is 6.36. The molecule has 0 aliphatic rings. The monoisotopic (exact) mass is 317 g/mol. The Bertz CT molecular complexity index is 702. The van der Waals surface area contributed by atoms with Crippen molar-refractivity contribution in [3.63, 3.8) is 0 Å². The Morgan fingerprint density at radius 3 is 2.29 bits per heavy atom. The molecule has 1 N–H and O–H groups in total. The van der Waals surface area contributed by atoms with Crippen molar-refractivity contribution in [3.8, 4) is 5.69 Å². The number of aromatic nitrogens is 2. The quantitative estimate of drug-likeness (QED) is 0.749. The summed E-state index contributed by atoms with van der Waals surface area (Å²) < 4.78 is 1.81. The molecule has 106 valence electrons. The largest absolute Gasteiger partial charge is 0.381 e. The van der Waals surface area contributed by atoms with Crippen LogP contribution in [0.3, 0.4) is 0 Å². The summed E-state index contributed by atoms with van der Waals surface area (Å²) in [6.07, 6.45) is 3.66. The number of benzene rings is 2. The van der Waals surface area contributed by atoms with Crippen molar-refractivity contribution in [2.75, 3.05) is 5.32 Å². The molecule has 5 heteroatoms. The second-order valence-electron chi connectivity index (χ2n) is 4.55. The molecule has 0 saturated heterocycles. The molecule has 0 aliphatic heterocycles. The Morgan fingerprint density at radius 2 is 1.67 bits per heavy atom. The first-order valence-electron chi connectivity index (χ1n) is 6.51. The molecule has 0 spiro atoms. The van der Waals surface area contributed by atoms with Gasteiger partial charge in [0, 0.05) is 40.2 Å². The Labute approximate surface area is 133 Å². The summed E-state index contributed by atoms with van der Waals surface area (Å²) in [4.78, 5) is 0. The van der Waals surface area contributed by atoms with Crippen LogP contribution in [0.5, 0.6) is 0 Å². The van der Waals surface area contributed by atoms with E-state index in [0.717, 1.165) is 16.9 Å². The maximum Gasteiger partial charge on any atom is 0.0647 e. The van der Waals surface area contributed by atoms with Gasteiger partial charge in [0.25, 0.3) is 0 Å². The summed E-state index contributed by atoms with van der Waals surface area (Å²) >= 11 is 12.3. The molecule has 0 amide bonds. The molecule has 1 heterocycles. The van der Waals surface area contributed by atoms with Crippen molar-refractivity contribution in [1.82, 2.24) is 9.78 Å². The fraction of sp³-hybridized carbons (Fsp3) is 0.0625. The minimum absolute atomic E-state index is 0.583. The van der Waals surface area contributed by atoms with Crippen molar-refractivity contribution < 1.29 is 0 Å². The highest BCUT2D eigenvalue weighted by atomic mass is 35.5. The predicted octanol–water partition coefficient (Wildman–Crippen LogP) is 4.79. The van der Waals surface area contributed by atoms with Gasteiger partial charge in [0.15, 0.2) is 0 Å². The number of hydrogen-bond acceptors (Lipinski definition) is 2. The Kier molecular flexibility index (Phi) is 4.13. The molecule has 21 heavy (non-hydrogen) atoms. The topological polar surface area (TPSA) is 29.9 Å². The van der Waals surface area contributed by atoms with E-state index in [4.69, 9.17) is 23.2 Å². The van der Waals surface area contributed by atoms with Crippen LogP contribution in [0.15, 0.2) is 60.9 Å². The van der Waals surface area contributed by atoms with Crippen LogP contribution in [0.2, 0.25) is 10.0 Å². The van der Waals surface area contributed by atoms with Crippen molar-refractivity contribution >= 4 is 28.9 Å². The lowest BCUT2D eigenvalue weighted by atomic mass is 10.2. The van der Waals surface area contributed by atoms with Gasteiger partial charge in [-0.05, 0) is 42.5 Å². The number of nitrogens with zero attached hydrogens (tertiary/aromatic N) is 2. The molecule has 0 fully saturated rings. The molecule has 0 saturated carbocycles. The summed E-state index contributed by atoms with van der Waals surface area (Å²) in [7, 11) is 0. The van der Waals surface area contributed by atoms with Gasteiger partial charge < -0.3 is 5.32 Å². The fourth-order valence-corrected chi connectivity index (χ4v) is 2.58. The normalized spacial score (nSPS) is 10.6. The molecule has 3 rings (SSSR count). The number of hydrogen-bond donors (Lipinski definition) is 1. The number of halogens is 2. The molecule has 2 aromatic carbocycles. The van der Waals surface area contributed by atoms with Gasteiger partial charge in [-0.15, -0.1) is 0 Å². The summed E-state index contributed by atoms with van der Waals surface area (Å²) in [5, 5.41) is 8.85. The van der Waals surface area contributed by atoms with Gasteiger partial charge in [0.05, 0.1) is 5.69 Å². The van der Waals surface area contributed by atoms with E-state index in [9.17, 15) is 0 Å². The third-order valence-corrected chi connectivity index (χ3v) is 3.88. The number of rotatable bonds is 4. The van der Waals surface area contributed by atoms with Crippen molar-refractivity contribution in [1.29, 1.82) is 0 Å². The smallest absolute Gasteiger partial charge is 0.0647 e. The predicted molar refractivity (Wildman–Crippen MR) is 87.4 cm³/mol. The average Bonchev–Trinajstić information content (AvgIpc) is 3.02. The second-order valence-corrected chi connectivity index (χ2v) is 5.37. The lowest BCUT2D eigenvalue weighted by Crippen LogP contribution is -2.01. The van der Waals surface area contributed by atoms with Gasteiger partial charge in [-0.1, -0.05) is 29.3 Å². The second kappa shape index (κ2) is 6.20. The van der Waals surface area contributed by atoms with E-state index in [-0.39, 0.29) is 0 Å². The van der Waals surface area contributed by atoms with Gasteiger partial charge in [0.2, 0.25) is 0 Å². The van der Waals surface area contributed by atoms with Gasteiger partial charge >= 0.3 is 0 Å². The summed E-state index contributed by atoms with van der Waals surface area (Å²) in [5.74, 6) is 0. The molecule has 0 radical (unpaired) electrons. The average molecular weight is 318 g/mol. The third-order valence-electron chi connectivity index (χ3n) is 3.17. The maximum atomic E-state index is 6.15. The molecular weight excluding hydrogens is 305 g/mol. The molecule has 3 aromatic rings. The maximum absolute atomic E-state index is 6.15. The zero-order valence-corrected chi connectivity index (χ0v) is 12.6. The summed E-state index contributed by atoms with van der Waals surface area (Å²) in [6.45, 7) is 0.583. The van der Waals surface area contributed by atoms with Crippen LogP contribution in [0.1, 0.15) is 5.56 Å². The molecule has 0 bridgehead atoms. The molecule has 0 aliphatic carbocycles. The van der Waals surface area contributed by atoms with E-state index in [1.165, 1.54) is 0 Å².